The van der Waals surface area contributed by atoms with Crippen LogP contribution in [-0.4, -0.2) is 29.9 Å². The van der Waals surface area contributed by atoms with Gasteiger partial charge < -0.3 is 10.1 Å². The first-order chi connectivity index (χ1) is 6.88. The van der Waals surface area contributed by atoms with Crippen LogP contribution >= 0.6 is 0 Å². The third-order valence-electron chi connectivity index (χ3n) is 2.25. The number of carbonyl (C=O) groups is 2. The van der Waals surface area contributed by atoms with Gasteiger partial charge in [-0.1, -0.05) is 0 Å². The minimum absolute atomic E-state index is 0.265. The first-order valence-corrected chi connectivity index (χ1v) is 4.92. The number of nitrogens with one attached hydrogen (secondary N) is 1. The lowest BCUT2D eigenvalue weighted by atomic mass is 9.86. The molecule has 0 aromatic heterocycles. The van der Waals surface area contributed by atoms with Gasteiger partial charge >= 0.3 is 5.97 Å². The minimum atomic E-state index is -0.860. The van der Waals surface area contributed by atoms with Gasteiger partial charge in [0.1, 0.15) is 5.84 Å². The minimum Gasteiger partial charge on any atom is -0.465 e. The second-order valence-electron chi connectivity index (χ2n) is 4.03. The molecule has 1 atom stereocenters. The Balaban J connectivity index is 2.97. The Morgan fingerprint density at radius 1 is 1.60 bits per heavy atom. The van der Waals surface area contributed by atoms with Gasteiger partial charge in [-0.3, -0.25) is 14.6 Å². The van der Waals surface area contributed by atoms with Crippen LogP contribution in [0.1, 0.15) is 27.7 Å². The summed E-state index contributed by atoms with van der Waals surface area (Å²) < 4.78 is 4.85. The lowest BCUT2D eigenvalue weighted by molar-refractivity contribution is -0.154. The van der Waals surface area contributed by atoms with Crippen LogP contribution in [-0.2, 0) is 14.3 Å². The van der Waals surface area contributed by atoms with Crippen LogP contribution in [0.4, 0.5) is 0 Å². The Bertz CT molecular complexity index is 321. The SMILES string of the molecule is CCOC(=O)C1C(=O)NC(C)=NC1(C)C. The molecule has 1 unspecified atom stereocenters. The monoisotopic (exact) mass is 212 g/mol. The van der Waals surface area contributed by atoms with Crippen LogP contribution in [0, 0.1) is 5.92 Å². The van der Waals surface area contributed by atoms with Gasteiger partial charge in [0.25, 0.3) is 0 Å². The Morgan fingerprint density at radius 3 is 2.67 bits per heavy atom. The molecule has 84 valence electrons. The number of esters is 1. The van der Waals surface area contributed by atoms with Gasteiger partial charge in [-0.05, 0) is 27.7 Å². The number of amidine groups is 1. The molecule has 1 rings (SSSR count). The lowest BCUT2D eigenvalue weighted by Crippen LogP contribution is -2.53. The number of ether oxygens (including phenoxy) is 1. The van der Waals surface area contributed by atoms with Gasteiger partial charge in [0, 0.05) is 0 Å². The summed E-state index contributed by atoms with van der Waals surface area (Å²) in [7, 11) is 0. The maximum Gasteiger partial charge on any atom is 0.321 e. The molecule has 1 heterocycles. The maximum absolute atomic E-state index is 11.6. The molecule has 0 aromatic rings. The van der Waals surface area contributed by atoms with Crippen LogP contribution < -0.4 is 5.32 Å². The van der Waals surface area contributed by atoms with Crippen molar-refractivity contribution in [3.8, 4) is 0 Å². The van der Waals surface area contributed by atoms with E-state index in [1.807, 2.05) is 0 Å². The Labute approximate surface area is 88.9 Å². The molecule has 1 amide bonds. The lowest BCUT2D eigenvalue weighted by Gasteiger charge is -2.32. The van der Waals surface area contributed by atoms with Crippen LogP contribution in [0.2, 0.25) is 0 Å². The quantitative estimate of drug-likeness (QED) is 0.535. The van der Waals surface area contributed by atoms with Crippen molar-refractivity contribution in [2.75, 3.05) is 6.61 Å². The Kier molecular flexibility index (Phi) is 3.12. The van der Waals surface area contributed by atoms with Crippen molar-refractivity contribution in [3.05, 3.63) is 0 Å². The molecule has 15 heavy (non-hydrogen) atoms. The van der Waals surface area contributed by atoms with Crippen LogP contribution in [0.15, 0.2) is 4.99 Å². The van der Waals surface area contributed by atoms with Gasteiger partial charge in [0.2, 0.25) is 5.91 Å². The second-order valence-corrected chi connectivity index (χ2v) is 4.03. The van der Waals surface area contributed by atoms with E-state index in [-0.39, 0.29) is 12.5 Å². The molecule has 1 N–H and O–H groups in total. The van der Waals surface area contributed by atoms with Crippen molar-refractivity contribution < 1.29 is 14.3 Å². The Hall–Kier alpha value is -1.39. The van der Waals surface area contributed by atoms with Crippen LogP contribution in [0.3, 0.4) is 0 Å². The van der Waals surface area contributed by atoms with Gasteiger partial charge in [0.15, 0.2) is 5.92 Å². The van der Waals surface area contributed by atoms with Gasteiger partial charge in [-0.15, -0.1) is 0 Å². The van der Waals surface area contributed by atoms with Crippen molar-refractivity contribution in [3.63, 3.8) is 0 Å². The first-order valence-electron chi connectivity index (χ1n) is 4.92. The number of nitrogens with zero attached hydrogens (tertiary/aromatic N) is 1. The highest BCUT2D eigenvalue weighted by molar-refractivity contribution is 6.09. The average molecular weight is 212 g/mol. The number of rotatable bonds is 2. The summed E-state index contributed by atoms with van der Waals surface area (Å²) in [4.78, 5) is 27.5. The zero-order valence-corrected chi connectivity index (χ0v) is 9.46. The topological polar surface area (TPSA) is 67.8 Å². The van der Waals surface area contributed by atoms with Crippen molar-refractivity contribution in [1.82, 2.24) is 5.32 Å². The van der Waals surface area contributed by atoms with E-state index in [1.54, 1.807) is 27.7 Å². The predicted octanol–water partition coefficient (Wildman–Crippen LogP) is 0.492. The molecule has 1 aliphatic heterocycles. The third kappa shape index (κ3) is 2.34. The number of aliphatic imine (C=N–C) groups is 1. The van der Waals surface area contributed by atoms with E-state index in [4.69, 9.17) is 4.74 Å². The third-order valence-corrected chi connectivity index (χ3v) is 2.25. The van der Waals surface area contributed by atoms with E-state index < -0.39 is 17.4 Å². The van der Waals surface area contributed by atoms with E-state index in [0.29, 0.717) is 5.84 Å². The summed E-state index contributed by atoms with van der Waals surface area (Å²) in [5, 5.41) is 2.53. The number of carbonyl (C=O) groups excluding carboxylic acids is 2. The highest BCUT2D eigenvalue weighted by Gasteiger charge is 2.44. The zero-order chi connectivity index (χ0) is 11.6. The van der Waals surface area contributed by atoms with Crippen molar-refractivity contribution in [1.29, 1.82) is 0 Å². The van der Waals surface area contributed by atoms with E-state index in [0.717, 1.165) is 0 Å². The maximum atomic E-state index is 11.6. The van der Waals surface area contributed by atoms with E-state index >= 15 is 0 Å². The van der Waals surface area contributed by atoms with Crippen molar-refractivity contribution in [2.24, 2.45) is 10.9 Å². The number of hydrogen-bond donors (Lipinski definition) is 1. The van der Waals surface area contributed by atoms with E-state index in [9.17, 15) is 9.59 Å². The molecule has 0 aliphatic carbocycles. The summed E-state index contributed by atoms with van der Waals surface area (Å²) in [6.07, 6.45) is 0. The van der Waals surface area contributed by atoms with Crippen molar-refractivity contribution >= 4 is 17.7 Å². The molecular formula is C10H16N2O3. The molecular weight excluding hydrogens is 196 g/mol. The van der Waals surface area contributed by atoms with Crippen LogP contribution in [0.5, 0.6) is 0 Å². The molecule has 0 saturated heterocycles. The highest BCUT2D eigenvalue weighted by Crippen LogP contribution is 2.26. The number of amides is 1. The molecule has 0 fully saturated rings. The molecule has 0 radical (unpaired) electrons. The summed E-state index contributed by atoms with van der Waals surface area (Å²) in [5.74, 6) is -1.19. The highest BCUT2D eigenvalue weighted by atomic mass is 16.5. The fourth-order valence-electron chi connectivity index (χ4n) is 1.72. The summed E-state index contributed by atoms with van der Waals surface area (Å²) in [6.45, 7) is 7.16. The van der Waals surface area contributed by atoms with Gasteiger partial charge in [-0.25, -0.2) is 0 Å². The van der Waals surface area contributed by atoms with E-state index in [1.165, 1.54) is 0 Å². The molecule has 0 spiro atoms. The standard InChI is InChI=1S/C10H16N2O3/c1-5-15-9(14)7-8(13)11-6(2)12-10(7,3)4/h7H,5H2,1-4H3,(H,11,12,13). The smallest absolute Gasteiger partial charge is 0.321 e. The van der Waals surface area contributed by atoms with Gasteiger partial charge in [-0.2, -0.15) is 0 Å². The predicted molar refractivity (Wildman–Crippen MR) is 55.5 cm³/mol. The molecule has 0 bridgehead atoms. The summed E-state index contributed by atoms with van der Waals surface area (Å²) >= 11 is 0. The molecule has 1 aliphatic rings. The largest absolute Gasteiger partial charge is 0.465 e. The van der Waals surface area contributed by atoms with Crippen molar-refractivity contribution in [2.45, 2.75) is 33.2 Å². The molecule has 5 heteroatoms. The van der Waals surface area contributed by atoms with Crippen LogP contribution in [0.25, 0.3) is 0 Å². The van der Waals surface area contributed by atoms with E-state index in [2.05, 4.69) is 10.3 Å². The fraction of sp³-hybridized carbons (Fsp3) is 0.700. The first kappa shape index (κ1) is 11.7. The number of hydrogen-bond acceptors (Lipinski definition) is 4. The van der Waals surface area contributed by atoms with Gasteiger partial charge in [0.05, 0.1) is 12.1 Å². The fourth-order valence-corrected chi connectivity index (χ4v) is 1.72. The zero-order valence-electron chi connectivity index (χ0n) is 9.46. The second kappa shape index (κ2) is 4.00. The molecule has 0 saturated carbocycles. The molecule has 5 nitrogen and oxygen atoms in total. The average Bonchev–Trinajstić information content (AvgIpc) is 1.99. The molecule has 0 aromatic carbocycles. The summed E-state index contributed by atoms with van der Waals surface area (Å²) in [5.41, 5.74) is -0.737. The summed E-state index contributed by atoms with van der Waals surface area (Å²) in [6, 6.07) is 0. The Morgan fingerprint density at radius 2 is 2.20 bits per heavy atom. The normalized spacial score (nSPS) is 24.1.